The zero-order chi connectivity index (χ0) is 11.2. The summed E-state index contributed by atoms with van der Waals surface area (Å²) in [6.07, 6.45) is 7.45. The summed E-state index contributed by atoms with van der Waals surface area (Å²) in [6, 6.07) is 8.21. The lowest BCUT2D eigenvalue weighted by Crippen LogP contribution is -2.34. The molecule has 0 radical (unpaired) electrons. The van der Waals surface area contributed by atoms with E-state index in [9.17, 15) is 4.79 Å². The minimum absolute atomic E-state index is 0.170. The maximum absolute atomic E-state index is 11.3. The Balaban J connectivity index is 2.28. The van der Waals surface area contributed by atoms with Crippen molar-refractivity contribution in [1.29, 1.82) is 0 Å². The first-order chi connectivity index (χ1) is 7.70. The van der Waals surface area contributed by atoms with Gasteiger partial charge in [0.2, 0.25) is 0 Å². The third-order valence-corrected chi connectivity index (χ3v) is 3.26. The van der Waals surface area contributed by atoms with Crippen molar-refractivity contribution in [2.45, 2.75) is 12.3 Å². The summed E-state index contributed by atoms with van der Waals surface area (Å²) >= 11 is 0. The van der Waals surface area contributed by atoms with Gasteiger partial charge >= 0.3 is 0 Å². The van der Waals surface area contributed by atoms with Crippen LogP contribution in [0.1, 0.15) is 18.1 Å². The third-order valence-electron chi connectivity index (χ3n) is 3.26. The Morgan fingerprint density at radius 1 is 1.12 bits per heavy atom. The molecule has 0 N–H and O–H groups in total. The van der Waals surface area contributed by atoms with Crippen LogP contribution in [0.25, 0.3) is 6.08 Å². The lowest BCUT2D eigenvalue weighted by molar-refractivity contribution is -0.113. The van der Waals surface area contributed by atoms with Gasteiger partial charge in [-0.05, 0) is 24.1 Å². The molecule has 1 heterocycles. The lowest BCUT2D eigenvalue weighted by Gasteiger charge is -2.33. The molecular formula is C14H11NO. The molecule has 1 amide bonds. The number of carbonyl (C=O) groups is 1. The van der Waals surface area contributed by atoms with E-state index in [1.165, 1.54) is 11.1 Å². The van der Waals surface area contributed by atoms with E-state index in [0.717, 1.165) is 5.71 Å². The van der Waals surface area contributed by atoms with E-state index in [1.807, 2.05) is 30.4 Å². The quantitative estimate of drug-likeness (QED) is 0.645. The van der Waals surface area contributed by atoms with Crippen LogP contribution in [0, 0.1) is 0 Å². The summed E-state index contributed by atoms with van der Waals surface area (Å²) in [5.41, 5.74) is 2.99. The van der Waals surface area contributed by atoms with Crippen LogP contribution in [0.2, 0.25) is 0 Å². The minimum atomic E-state index is -0.251. The Labute approximate surface area is 94.0 Å². The van der Waals surface area contributed by atoms with Gasteiger partial charge < -0.3 is 0 Å². The molecule has 0 spiro atoms. The fourth-order valence-electron chi connectivity index (χ4n) is 2.32. The van der Waals surface area contributed by atoms with Gasteiger partial charge in [0.05, 0.1) is 11.1 Å². The highest BCUT2D eigenvalue weighted by atomic mass is 16.1. The fourth-order valence-corrected chi connectivity index (χ4v) is 2.32. The van der Waals surface area contributed by atoms with Gasteiger partial charge in [0.15, 0.2) is 0 Å². The molecule has 78 valence electrons. The standard InChI is InChI=1S/C14H11NO/c1-14-9-8-13(16)15-12(14)7-6-10-4-2-3-5-11(10)14/h2-9H,1H3. The van der Waals surface area contributed by atoms with Crippen molar-refractivity contribution < 1.29 is 4.79 Å². The molecule has 1 atom stereocenters. The molecule has 0 saturated heterocycles. The Hall–Kier alpha value is -1.96. The first kappa shape index (κ1) is 9.28. The number of fused-ring (bicyclic) bond motifs is 3. The van der Waals surface area contributed by atoms with Crippen LogP contribution in [0.15, 0.2) is 47.5 Å². The molecule has 2 aliphatic rings. The topological polar surface area (TPSA) is 29.4 Å². The number of hydrogen-bond acceptors (Lipinski definition) is 1. The molecule has 0 fully saturated rings. The van der Waals surface area contributed by atoms with Gasteiger partial charge in [-0.2, -0.15) is 0 Å². The zero-order valence-electron chi connectivity index (χ0n) is 8.97. The van der Waals surface area contributed by atoms with Crippen LogP contribution in [-0.2, 0) is 10.2 Å². The smallest absolute Gasteiger partial charge is 0.267 e. The van der Waals surface area contributed by atoms with Gasteiger partial charge in [0.25, 0.3) is 5.91 Å². The van der Waals surface area contributed by atoms with Gasteiger partial charge in [0.1, 0.15) is 0 Å². The van der Waals surface area contributed by atoms with Crippen LogP contribution in [0.4, 0.5) is 0 Å². The van der Waals surface area contributed by atoms with Crippen molar-refractivity contribution in [3.8, 4) is 0 Å². The van der Waals surface area contributed by atoms with Crippen molar-refractivity contribution in [3.05, 3.63) is 53.6 Å². The van der Waals surface area contributed by atoms with Gasteiger partial charge in [-0.15, -0.1) is 0 Å². The third kappa shape index (κ3) is 1.13. The maximum atomic E-state index is 11.3. The number of dihydropyridines is 1. The summed E-state index contributed by atoms with van der Waals surface area (Å²) in [6.45, 7) is 2.09. The van der Waals surface area contributed by atoms with Crippen molar-refractivity contribution in [2.24, 2.45) is 4.99 Å². The highest BCUT2D eigenvalue weighted by Crippen LogP contribution is 2.36. The average molecular weight is 209 g/mol. The van der Waals surface area contributed by atoms with Crippen molar-refractivity contribution in [2.75, 3.05) is 0 Å². The molecule has 2 nitrogen and oxygen atoms in total. The van der Waals surface area contributed by atoms with E-state index in [2.05, 4.69) is 24.0 Å². The van der Waals surface area contributed by atoms with E-state index < -0.39 is 0 Å². The molecule has 0 saturated carbocycles. The Morgan fingerprint density at radius 3 is 2.81 bits per heavy atom. The van der Waals surface area contributed by atoms with E-state index in [4.69, 9.17) is 0 Å². The summed E-state index contributed by atoms with van der Waals surface area (Å²) < 4.78 is 0. The van der Waals surface area contributed by atoms with Gasteiger partial charge in [0, 0.05) is 6.08 Å². The predicted octanol–water partition coefficient (Wildman–Crippen LogP) is 2.51. The predicted molar refractivity (Wildman–Crippen MR) is 64.4 cm³/mol. The van der Waals surface area contributed by atoms with Crippen molar-refractivity contribution in [3.63, 3.8) is 0 Å². The molecule has 0 bridgehead atoms. The number of amides is 1. The molecule has 1 aromatic carbocycles. The zero-order valence-corrected chi connectivity index (χ0v) is 8.97. The molecule has 16 heavy (non-hydrogen) atoms. The number of benzene rings is 1. The monoisotopic (exact) mass is 209 g/mol. The minimum Gasteiger partial charge on any atom is -0.267 e. The molecule has 3 rings (SSSR count). The summed E-state index contributed by atoms with van der Waals surface area (Å²) in [4.78, 5) is 15.3. The molecule has 1 unspecified atom stereocenters. The van der Waals surface area contributed by atoms with Crippen molar-refractivity contribution >= 4 is 17.7 Å². The highest BCUT2D eigenvalue weighted by Gasteiger charge is 2.35. The SMILES string of the molecule is CC12C=CC(=O)N=C1C=Cc1ccccc12. The Morgan fingerprint density at radius 2 is 1.94 bits per heavy atom. The van der Waals surface area contributed by atoms with E-state index in [-0.39, 0.29) is 11.3 Å². The second kappa shape index (κ2) is 3.01. The van der Waals surface area contributed by atoms with E-state index >= 15 is 0 Å². The number of carbonyl (C=O) groups excluding carboxylic acids is 1. The molecule has 1 aliphatic heterocycles. The van der Waals surface area contributed by atoms with Crippen molar-refractivity contribution in [1.82, 2.24) is 0 Å². The Bertz CT molecular complexity index is 566. The van der Waals surface area contributed by atoms with Crippen LogP contribution in [0.3, 0.4) is 0 Å². The summed E-state index contributed by atoms with van der Waals surface area (Å²) in [5, 5.41) is 0. The van der Waals surface area contributed by atoms with E-state index in [1.54, 1.807) is 6.08 Å². The average Bonchev–Trinajstić information content (AvgIpc) is 2.31. The molecular weight excluding hydrogens is 198 g/mol. The first-order valence-electron chi connectivity index (χ1n) is 5.30. The fraction of sp³-hybridized carbons (Fsp3) is 0.143. The van der Waals surface area contributed by atoms with Gasteiger partial charge in [-0.1, -0.05) is 36.4 Å². The molecule has 1 aliphatic carbocycles. The summed E-state index contributed by atoms with van der Waals surface area (Å²) in [7, 11) is 0. The van der Waals surface area contributed by atoms with Crippen LogP contribution < -0.4 is 0 Å². The normalized spacial score (nSPS) is 26.1. The van der Waals surface area contributed by atoms with Crippen LogP contribution >= 0.6 is 0 Å². The highest BCUT2D eigenvalue weighted by molar-refractivity contribution is 6.17. The first-order valence-corrected chi connectivity index (χ1v) is 5.30. The van der Waals surface area contributed by atoms with Gasteiger partial charge in [-0.25, -0.2) is 4.99 Å². The number of nitrogens with zero attached hydrogens (tertiary/aromatic N) is 1. The largest absolute Gasteiger partial charge is 0.269 e. The molecule has 0 aromatic heterocycles. The number of allylic oxidation sites excluding steroid dienone is 2. The Kier molecular flexibility index (Phi) is 1.75. The molecule has 2 heteroatoms. The second-order valence-electron chi connectivity index (χ2n) is 4.29. The number of aliphatic imine (C=N–C) groups is 1. The number of rotatable bonds is 0. The summed E-state index contributed by atoms with van der Waals surface area (Å²) in [5.74, 6) is -0.170. The van der Waals surface area contributed by atoms with E-state index in [0.29, 0.717) is 0 Å². The number of hydrogen-bond donors (Lipinski definition) is 0. The van der Waals surface area contributed by atoms with Crippen LogP contribution in [-0.4, -0.2) is 11.6 Å². The maximum Gasteiger partial charge on any atom is 0.269 e. The lowest BCUT2D eigenvalue weighted by atomic mass is 9.72. The second-order valence-corrected chi connectivity index (χ2v) is 4.29. The van der Waals surface area contributed by atoms with Gasteiger partial charge in [-0.3, -0.25) is 4.79 Å². The van der Waals surface area contributed by atoms with Crippen LogP contribution in [0.5, 0.6) is 0 Å². The molecule has 1 aromatic rings.